The molecule has 1 fully saturated rings. The predicted octanol–water partition coefficient (Wildman–Crippen LogP) is 1.16. The standard InChI is InChI=1S/C18H25FN6O3/c1-11-15(12(2)28-21-11)5-6-17(26)25-8-13(19)7-14(25)9-24-10-16(20-22-24)18(27)23(3)4/h10,13-14H,5-9H2,1-4H3/t13-,14-/m0/s1. The molecule has 0 unspecified atom stereocenters. The Labute approximate surface area is 162 Å². The number of aromatic nitrogens is 4. The molecule has 3 heterocycles. The fraction of sp³-hybridized carbons (Fsp3) is 0.611. The number of carbonyl (C=O) groups excluding carboxylic acids is 2. The second kappa shape index (κ2) is 8.07. The molecule has 9 nitrogen and oxygen atoms in total. The molecule has 2 amide bonds. The minimum atomic E-state index is -1.07. The molecule has 0 saturated carbocycles. The molecule has 2 atom stereocenters. The van der Waals surface area contributed by atoms with Gasteiger partial charge in [-0.25, -0.2) is 9.07 Å². The van der Waals surface area contributed by atoms with E-state index in [1.807, 2.05) is 13.8 Å². The van der Waals surface area contributed by atoms with Gasteiger partial charge in [-0.2, -0.15) is 0 Å². The molecule has 28 heavy (non-hydrogen) atoms. The summed E-state index contributed by atoms with van der Waals surface area (Å²) in [4.78, 5) is 27.6. The molecular weight excluding hydrogens is 367 g/mol. The molecule has 0 aliphatic carbocycles. The molecule has 0 radical (unpaired) electrons. The van der Waals surface area contributed by atoms with E-state index in [9.17, 15) is 14.0 Å². The summed E-state index contributed by atoms with van der Waals surface area (Å²) in [6, 6.07) is -0.323. The molecule has 1 saturated heterocycles. The Kier molecular flexibility index (Phi) is 5.76. The third-order valence-corrected chi connectivity index (χ3v) is 5.02. The maximum absolute atomic E-state index is 14.0. The Morgan fingerprint density at radius 3 is 2.75 bits per heavy atom. The summed E-state index contributed by atoms with van der Waals surface area (Å²) < 4.78 is 20.7. The van der Waals surface area contributed by atoms with E-state index in [0.29, 0.717) is 18.7 Å². The van der Waals surface area contributed by atoms with E-state index in [1.54, 1.807) is 19.0 Å². The van der Waals surface area contributed by atoms with Crippen LogP contribution in [-0.2, 0) is 17.8 Å². The van der Waals surface area contributed by atoms with E-state index >= 15 is 0 Å². The molecule has 0 bridgehead atoms. The molecule has 1 aliphatic heterocycles. The third kappa shape index (κ3) is 4.20. The van der Waals surface area contributed by atoms with Gasteiger partial charge in [0.2, 0.25) is 5.91 Å². The number of likely N-dealkylation sites (tertiary alicyclic amines) is 1. The van der Waals surface area contributed by atoms with E-state index in [1.165, 1.54) is 15.8 Å². The van der Waals surface area contributed by atoms with Crippen LogP contribution in [0.4, 0.5) is 4.39 Å². The summed E-state index contributed by atoms with van der Waals surface area (Å²) in [7, 11) is 3.26. The van der Waals surface area contributed by atoms with Crippen molar-refractivity contribution in [2.75, 3.05) is 20.6 Å². The topological polar surface area (TPSA) is 97.4 Å². The van der Waals surface area contributed by atoms with Crippen LogP contribution in [0.2, 0.25) is 0 Å². The number of amides is 2. The maximum Gasteiger partial charge on any atom is 0.275 e. The largest absolute Gasteiger partial charge is 0.361 e. The Balaban J connectivity index is 1.64. The number of hydrogen-bond acceptors (Lipinski definition) is 6. The number of nitrogens with zero attached hydrogens (tertiary/aromatic N) is 6. The SMILES string of the molecule is Cc1noc(C)c1CCC(=O)N1C[C@@H](F)C[C@H]1Cn1cc(C(=O)N(C)C)nn1. The summed E-state index contributed by atoms with van der Waals surface area (Å²) in [5.41, 5.74) is 1.91. The normalized spacial score (nSPS) is 19.2. The van der Waals surface area contributed by atoms with Crippen LogP contribution in [0.15, 0.2) is 10.7 Å². The van der Waals surface area contributed by atoms with Crippen molar-refractivity contribution >= 4 is 11.8 Å². The highest BCUT2D eigenvalue weighted by atomic mass is 19.1. The van der Waals surface area contributed by atoms with Gasteiger partial charge in [-0.15, -0.1) is 5.10 Å². The zero-order chi connectivity index (χ0) is 20.4. The first kappa shape index (κ1) is 20.0. The van der Waals surface area contributed by atoms with Crippen molar-refractivity contribution in [3.63, 3.8) is 0 Å². The first-order valence-electron chi connectivity index (χ1n) is 9.23. The first-order valence-corrected chi connectivity index (χ1v) is 9.23. The monoisotopic (exact) mass is 392 g/mol. The lowest BCUT2D eigenvalue weighted by atomic mass is 10.1. The number of carbonyl (C=O) groups is 2. The van der Waals surface area contributed by atoms with Crippen LogP contribution < -0.4 is 0 Å². The van der Waals surface area contributed by atoms with Crippen LogP contribution in [0.25, 0.3) is 0 Å². The summed E-state index contributed by atoms with van der Waals surface area (Å²) in [6.45, 7) is 4.02. The Hall–Kier alpha value is -2.78. The highest BCUT2D eigenvalue weighted by Crippen LogP contribution is 2.24. The molecule has 2 aromatic rings. The molecule has 0 aromatic carbocycles. The number of alkyl halides is 1. The van der Waals surface area contributed by atoms with Gasteiger partial charge in [0.15, 0.2) is 5.69 Å². The fourth-order valence-corrected chi connectivity index (χ4v) is 3.50. The lowest BCUT2D eigenvalue weighted by molar-refractivity contribution is -0.132. The van der Waals surface area contributed by atoms with Crippen LogP contribution in [0, 0.1) is 13.8 Å². The number of halogens is 1. The van der Waals surface area contributed by atoms with E-state index in [0.717, 1.165) is 11.3 Å². The van der Waals surface area contributed by atoms with Crippen LogP contribution in [-0.4, -0.2) is 74.6 Å². The van der Waals surface area contributed by atoms with Crippen LogP contribution in [0.1, 0.15) is 40.3 Å². The van der Waals surface area contributed by atoms with Crippen molar-refractivity contribution in [3.8, 4) is 0 Å². The van der Waals surface area contributed by atoms with E-state index < -0.39 is 6.17 Å². The van der Waals surface area contributed by atoms with E-state index in [-0.39, 0.29) is 42.9 Å². The van der Waals surface area contributed by atoms with Crippen molar-refractivity contribution in [2.45, 2.75) is 51.9 Å². The summed E-state index contributed by atoms with van der Waals surface area (Å²) >= 11 is 0. The quantitative estimate of drug-likeness (QED) is 0.732. The maximum atomic E-state index is 14.0. The lowest BCUT2D eigenvalue weighted by Gasteiger charge is -2.24. The minimum absolute atomic E-state index is 0.0727. The van der Waals surface area contributed by atoms with Gasteiger partial charge in [0.25, 0.3) is 5.91 Å². The predicted molar refractivity (Wildman–Crippen MR) is 97.4 cm³/mol. The van der Waals surface area contributed by atoms with Gasteiger partial charge < -0.3 is 14.3 Å². The van der Waals surface area contributed by atoms with Crippen molar-refractivity contribution in [2.24, 2.45) is 0 Å². The van der Waals surface area contributed by atoms with Gasteiger partial charge in [0.1, 0.15) is 11.9 Å². The average molecular weight is 392 g/mol. The van der Waals surface area contributed by atoms with Crippen LogP contribution in [0.5, 0.6) is 0 Å². The summed E-state index contributed by atoms with van der Waals surface area (Å²) in [5.74, 6) is 0.329. The molecule has 152 valence electrons. The smallest absolute Gasteiger partial charge is 0.275 e. The minimum Gasteiger partial charge on any atom is -0.361 e. The Morgan fingerprint density at radius 1 is 1.36 bits per heavy atom. The Morgan fingerprint density at radius 2 is 2.11 bits per heavy atom. The highest BCUT2D eigenvalue weighted by molar-refractivity contribution is 5.91. The van der Waals surface area contributed by atoms with E-state index in [2.05, 4.69) is 15.5 Å². The van der Waals surface area contributed by atoms with Crippen molar-refractivity contribution < 1.29 is 18.5 Å². The first-order chi connectivity index (χ1) is 13.3. The summed E-state index contributed by atoms with van der Waals surface area (Å²) in [5, 5.41) is 11.7. The molecule has 0 spiro atoms. The number of aryl methyl sites for hydroxylation is 2. The van der Waals surface area contributed by atoms with Gasteiger partial charge in [0, 0.05) is 32.5 Å². The number of rotatable bonds is 6. The van der Waals surface area contributed by atoms with Crippen molar-refractivity contribution in [3.05, 3.63) is 28.9 Å². The molecule has 3 rings (SSSR count). The Bertz CT molecular complexity index is 842. The molecule has 2 aromatic heterocycles. The van der Waals surface area contributed by atoms with Crippen molar-refractivity contribution in [1.82, 2.24) is 30.0 Å². The highest BCUT2D eigenvalue weighted by Gasteiger charge is 2.35. The second-order valence-corrected chi connectivity index (χ2v) is 7.36. The van der Waals surface area contributed by atoms with Gasteiger partial charge in [-0.05, 0) is 20.3 Å². The molecule has 10 heteroatoms. The van der Waals surface area contributed by atoms with Crippen LogP contribution >= 0.6 is 0 Å². The lowest BCUT2D eigenvalue weighted by Crippen LogP contribution is -2.38. The molecule has 0 N–H and O–H groups in total. The molecule has 1 aliphatic rings. The zero-order valence-electron chi connectivity index (χ0n) is 16.6. The number of hydrogen-bond donors (Lipinski definition) is 0. The van der Waals surface area contributed by atoms with Gasteiger partial charge in [-0.3, -0.25) is 9.59 Å². The van der Waals surface area contributed by atoms with Crippen LogP contribution in [0.3, 0.4) is 0 Å². The summed E-state index contributed by atoms with van der Waals surface area (Å²) in [6.07, 6.45) is 1.46. The van der Waals surface area contributed by atoms with Crippen molar-refractivity contribution in [1.29, 1.82) is 0 Å². The van der Waals surface area contributed by atoms with Gasteiger partial charge >= 0.3 is 0 Å². The average Bonchev–Trinajstić information content (AvgIpc) is 3.33. The fourth-order valence-electron chi connectivity index (χ4n) is 3.50. The third-order valence-electron chi connectivity index (χ3n) is 5.02. The van der Waals surface area contributed by atoms with Gasteiger partial charge in [-0.1, -0.05) is 10.4 Å². The van der Waals surface area contributed by atoms with Gasteiger partial charge in [0.05, 0.1) is 31.0 Å². The molecular formula is C18H25FN6O3. The second-order valence-electron chi connectivity index (χ2n) is 7.36. The zero-order valence-corrected chi connectivity index (χ0v) is 16.6. The van der Waals surface area contributed by atoms with E-state index in [4.69, 9.17) is 4.52 Å².